The number of nitrogens with two attached hydrogens (primary N) is 1. The molecule has 0 fully saturated rings. The van der Waals surface area contributed by atoms with Crippen molar-refractivity contribution < 1.29 is 9.53 Å². The number of aromatic nitrogens is 2. The van der Waals surface area contributed by atoms with Crippen LogP contribution in [0.2, 0.25) is 0 Å². The van der Waals surface area contributed by atoms with Crippen molar-refractivity contribution in [1.29, 1.82) is 0 Å². The third-order valence-electron chi connectivity index (χ3n) is 2.59. The molecule has 0 aliphatic heterocycles. The Morgan fingerprint density at radius 3 is 2.88 bits per heavy atom. The van der Waals surface area contributed by atoms with E-state index in [4.69, 9.17) is 5.73 Å². The number of ether oxygens (including phenoxy) is 1. The van der Waals surface area contributed by atoms with Gasteiger partial charge in [-0.2, -0.15) is 5.10 Å². The third kappa shape index (κ3) is 4.63. The van der Waals surface area contributed by atoms with Crippen LogP contribution in [0.15, 0.2) is 12.4 Å². The first-order chi connectivity index (χ1) is 7.95. The van der Waals surface area contributed by atoms with Gasteiger partial charge in [-0.25, -0.2) is 0 Å². The smallest absolute Gasteiger partial charge is 0.325 e. The molecular formula is C11H18IN3O2. The van der Waals surface area contributed by atoms with Gasteiger partial charge in [-0.1, -0.05) is 0 Å². The first-order valence-corrected chi connectivity index (χ1v) is 6.59. The standard InChI is InChI=1S/C11H18IN3O2/c1-11(13,10(16)17-2)5-3-4-6-15-8-9(12)7-14-15/h7-8H,3-6,13H2,1-2H3. The summed E-state index contributed by atoms with van der Waals surface area (Å²) in [4.78, 5) is 11.3. The molecule has 0 aliphatic carbocycles. The monoisotopic (exact) mass is 351 g/mol. The molecule has 0 aliphatic rings. The first-order valence-electron chi connectivity index (χ1n) is 5.51. The third-order valence-corrected chi connectivity index (χ3v) is 3.14. The predicted molar refractivity (Wildman–Crippen MR) is 73.4 cm³/mol. The summed E-state index contributed by atoms with van der Waals surface area (Å²) in [5.41, 5.74) is 4.97. The van der Waals surface area contributed by atoms with Crippen molar-refractivity contribution >= 4 is 28.6 Å². The topological polar surface area (TPSA) is 70.1 Å². The van der Waals surface area contributed by atoms with Crippen molar-refractivity contribution in [2.45, 2.75) is 38.3 Å². The van der Waals surface area contributed by atoms with Gasteiger partial charge in [0.25, 0.3) is 0 Å². The van der Waals surface area contributed by atoms with Gasteiger partial charge in [-0.15, -0.1) is 0 Å². The minimum atomic E-state index is -0.882. The molecule has 2 N–H and O–H groups in total. The molecule has 5 nitrogen and oxygen atoms in total. The fraction of sp³-hybridized carbons (Fsp3) is 0.636. The van der Waals surface area contributed by atoms with Crippen molar-refractivity contribution in [1.82, 2.24) is 9.78 Å². The lowest BCUT2D eigenvalue weighted by atomic mass is 9.96. The number of hydrogen-bond acceptors (Lipinski definition) is 4. The zero-order chi connectivity index (χ0) is 12.9. The van der Waals surface area contributed by atoms with Crippen molar-refractivity contribution in [3.05, 3.63) is 16.0 Å². The van der Waals surface area contributed by atoms with Crippen LogP contribution in [0.5, 0.6) is 0 Å². The fourth-order valence-electron chi connectivity index (χ4n) is 1.56. The second-order valence-electron chi connectivity index (χ2n) is 4.29. The Kier molecular flexibility index (Phi) is 5.38. The molecular weight excluding hydrogens is 333 g/mol. The zero-order valence-electron chi connectivity index (χ0n) is 10.1. The highest BCUT2D eigenvalue weighted by atomic mass is 127. The number of aryl methyl sites for hydroxylation is 1. The summed E-state index contributed by atoms with van der Waals surface area (Å²) in [5, 5.41) is 4.19. The molecule has 96 valence electrons. The molecule has 0 spiro atoms. The van der Waals surface area contributed by atoms with Gasteiger partial charge < -0.3 is 10.5 Å². The fourth-order valence-corrected chi connectivity index (χ4v) is 2.01. The van der Waals surface area contributed by atoms with Gasteiger partial charge in [0.1, 0.15) is 5.54 Å². The summed E-state index contributed by atoms with van der Waals surface area (Å²) in [7, 11) is 1.36. The van der Waals surface area contributed by atoms with E-state index in [9.17, 15) is 4.79 Å². The number of nitrogens with zero attached hydrogens (tertiary/aromatic N) is 2. The van der Waals surface area contributed by atoms with E-state index in [1.165, 1.54) is 7.11 Å². The maximum atomic E-state index is 11.3. The Labute approximate surface area is 115 Å². The molecule has 17 heavy (non-hydrogen) atoms. The number of hydrogen-bond donors (Lipinski definition) is 1. The second kappa shape index (κ2) is 6.34. The molecule has 1 aromatic rings. The Morgan fingerprint density at radius 1 is 1.65 bits per heavy atom. The molecule has 1 aromatic heterocycles. The Morgan fingerprint density at radius 2 is 2.35 bits per heavy atom. The molecule has 1 unspecified atom stereocenters. The Hall–Kier alpha value is -0.630. The van der Waals surface area contributed by atoms with E-state index in [0.717, 1.165) is 23.0 Å². The summed E-state index contributed by atoms with van der Waals surface area (Å²) >= 11 is 2.22. The maximum absolute atomic E-state index is 11.3. The maximum Gasteiger partial charge on any atom is 0.325 e. The molecule has 1 heterocycles. The molecule has 1 rings (SSSR count). The van der Waals surface area contributed by atoms with Gasteiger partial charge in [-0.3, -0.25) is 9.48 Å². The normalized spacial score (nSPS) is 14.4. The van der Waals surface area contributed by atoms with Gasteiger partial charge in [0.15, 0.2) is 0 Å². The molecule has 1 atom stereocenters. The van der Waals surface area contributed by atoms with Gasteiger partial charge in [0.2, 0.25) is 0 Å². The summed E-state index contributed by atoms with van der Waals surface area (Å²) in [5.74, 6) is -0.355. The number of rotatable bonds is 6. The molecule has 0 saturated carbocycles. The van der Waals surface area contributed by atoms with Gasteiger partial charge >= 0.3 is 5.97 Å². The second-order valence-corrected chi connectivity index (χ2v) is 5.53. The van der Waals surface area contributed by atoms with Crippen LogP contribution in [0.25, 0.3) is 0 Å². The largest absolute Gasteiger partial charge is 0.468 e. The van der Waals surface area contributed by atoms with Crippen LogP contribution in [0.3, 0.4) is 0 Å². The van der Waals surface area contributed by atoms with Gasteiger partial charge in [0.05, 0.1) is 16.9 Å². The van der Waals surface area contributed by atoms with E-state index in [1.807, 2.05) is 17.1 Å². The lowest BCUT2D eigenvalue weighted by molar-refractivity contribution is -0.146. The van der Waals surface area contributed by atoms with Crippen molar-refractivity contribution in [3.63, 3.8) is 0 Å². The minimum Gasteiger partial charge on any atom is -0.468 e. The highest BCUT2D eigenvalue weighted by molar-refractivity contribution is 14.1. The van der Waals surface area contributed by atoms with Crippen LogP contribution in [0, 0.1) is 3.57 Å². The number of methoxy groups -OCH3 is 1. The number of carbonyl (C=O) groups is 1. The Bertz CT molecular complexity index is 377. The molecule has 6 heteroatoms. The van der Waals surface area contributed by atoms with Gasteiger partial charge in [-0.05, 0) is 48.8 Å². The first kappa shape index (κ1) is 14.4. The number of halogens is 1. The van der Waals surface area contributed by atoms with Crippen LogP contribution in [-0.4, -0.2) is 28.4 Å². The SMILES string of the molecule is COC(=O)C(C)(N)CCCCn1cc(I)cn1. The van der Waals surface area contributed by atoms with E-state index in [1.54, 1.807) is 6.92 Å². The minimum absolute atomic E-state index is 0.355. The van der Waals surface area contributed by atoms with Crippen molar-refractivity contribution in [3.8, 4) is 0 Å². The highest BCUT2D eigenvalue weighted by Gasteiger charge is 2.28. The number of unbranched alkanes of at least 4 members (excludes halogenated alkanes) is 1. The van der Waals surface area contributed by atoms with Crippen molar-refractivity contribution in [2.24, 2.45) is 5.73 Å². The van der Waals surface area contributed by atoms with E-state index in [0.29, 0.717) is 6.42 Å². The molecule has 0 bridgehead atoms. The van der Waals surface area contributed by atoms with E-state index >= 15 is 0 Å². The van der Waals surface area contributed by atoms with Crippen LogP contribution in [0.1, 0.15) is 26.2 Å². The van der Waals surface area contributed by atoms with Crippen LogP contribution >= 0.6 is 22.6 Å². The summed E-state index contributed by atoms with van der Waals surface area (Å²) in [6, 6.07) is 0. The molecule has 0 radical (unpaired) electrons. The predicted octanol–water partition coefficient (Wildman–Crippen LogP) is 1.55. The highest BCUT2D eigenvalue weighted by Crippen LogP contribution is 2.13. The summed E-state index contributed by atoms with van der Waals surface area (Å²) in [6.45, 7) is 2.55. The lowest BCUT2D eigenvalue weighted by Gasteiger charge is -2.20. The lowest BCUT2D eigenvalue weighted by Crippen LogP contribution is -2.45. The van der Waals surface area contributed by atoms with Crippen LogP contribution < -0.4 is 5.73 Å². The van der Waals surface area contributed by atoms with Gasteiger partial charge in [0, 0.05) is 12.7 Å². The van der Waals surface area contributed by atoms with Crippen LogP contribution in [-0.2, 0) is 16.1 Å². The quantitative estimate of drug-likeness (QED) is 0.480. The number of esters is 1. The van der Waals surface area contributed by atoms with E-state index < -0.39 is 5.54 Å². The van der Waals surface area contributed by atoms with E-state index in [2.05, 4.69) is 32.4 Å². The Balaban J connectivity index is 2.26. The number of carbonyl (C=O) groups excluding carboxylic acids is 1. The van der Waals surface area contributed by atoms with Crippen molar-refractivity contribution in [2.75, 3.05) is 7.11 Å². The average molecular weight is 351 g/mol. The summed E-state index contributed by atoms with van der Waals surface area (Å²) in [6.07, 6.45) is 6.25. The molecule has 0 aromatic carbocycles. The average Bonchev–Trinajstić information content (AvgIpc) is 2.69. The summed E-state index contributed by atoms with van der Waals surface area (Å²) < 4.78 is 7.67. The van der Waals surface area contributed by atoms with Crippen LogP contribution in [0.4, 0.5) is 0 Å². The molecule has 0 amide bonds. The van der Waals surface area contributed by atoms with E-state index in [-0.39, 0.29) is 5.97 Å². The zero-order valence-corrected chi connectivity index (χ0v) is 12.3. The molecule has 0 saturated heterocycles.